The van der Waals surface area contributed by atoms with Crippen molar-refractivity contribution in [3.05, 3.63) is 17.3 Å². The van der Waals surface area contributed by atoms with Gasteiger partial charge in [-0.3, -0.25) is 9.59 Å². The van der Waals surface area contributed by atoms with Crippen LogP contribution in [-0.2, 0) is 16.0 Å². The number of aryl methyl sites for hydroxylation is 2. The summed E-state index contributed by atoms with van der Waals surface area (Å²) >= 11 is 0. The molecule has 1 atom stereocenters. The fraction of sp³-hybridized carbons (Fsp3) is 0.583. The van der Waals surface area contributed by atoms with Crippen LogP contribution in [0.3, 0.4) is 0 Å². The minimum atomic E-state index is -0.380. The quantitative estimate of drug-likeness (QED) is 0.802. The van der Waals surface area contributed by atoms with Gasteiger partial charge in [0.25, 0.3) is 0 Å². The van der Waals surface area contributed by atoms with E-state index in [4.69, 9.17) is 4.42 Å². The number of carbonyl (C=O) groups is 2. The Bertz CT molecular complexity index is 467. The van der Waals surface area contributed by atoms with E-state index >= 15 is 0 Å². The van der Waals surface area contributed by atoms with Gasteiger partial charge in [-0.25, -0.2) is 4.98 Å². The Morgan fingerprint density at radius 1 is 1.56 bits per heavy atom. The summed E-state index contributed by atoms with van der Waals surface area (Å²) in [5.74, 6) is 1.24. The number of aromatic nitrogens is 1. The number of carbonyl (C=O) groups excluding carboxylic acids is 2. The molecule has 0 aliphatic carbocycles. The van der Waals surface area contributed by atoms with Crippen LogP contribution in [0.1, 0.15) is 30.2 Å². The zero-order valence-corrected chi connectivity index (χ0v) is 10.6. The Morgan fingerprint density at radius 3 is 2.89 bits per heavy atom. The van der Waals surface area contributed by atoms with Crippen LogP contribution in [0.25, 0.3) is 0 Å². The van der Waals surface area contributed by atoms with E-state index in [1.807, 2.05) is 6.92 Å². The molecule has 0 radical (unpaired) electrons. The summed E-state index contributed by atoms with van der Waals surface area (Å²) in [6.45, 7) is 4.16. The Kier molecular flexibility index (Phi) is 3.64. The molecule has 1 saturated heterocycles. The van der Waals surface area contributed by atoms with Gasteiger partial charge in [-0.05, 0) is 13.3 Å². The zero-order chi connectivity index (χ0) is 13.1. The van der Waals surface area contributed by atoms with E-state index in [2.05, 4.69) is 15.6 Å². The van der Waals surface area contributed by atoms with E-state index in [1.54, 1.807) is 6.92 Å². The van der Waals surface area contributed by atoms with Gasteiger partial charge in [-0.15, -0.1) is 0 Å². The van der Waals surface area contributed by atoms with Crippen LogP contribution in [0.5, 0.6) is 0 Å². The maximum Gasteiger partial charge on any atom is 0.242 e. The number of nitrogens with one attached hydrogen (secondary N) is 2. The molecule has 1 aliphatic heterocycles. The van der Waals surface area contributed by atoms with Gasteiger partial charge in [0.2, 0.25) is 11.8 Å². The molecular weight excluding hydrogens is 234 g/mol. The van der Waals surface area contributed by atoms with Crippen LogP contribution in [-0.4, -0.2) is 29.4 Å². The smallest absolute Gasteiger partial charge is 0.242 e. The lowest BCUT2D eigenvalue weighted by Crippen LogP contribution is -2.42. The third kappa shape index (κ3) is 2.88. The van der Waals surface area contributed by atoms with Crippen molar-refractivity contribution in [3.63, 3.8) is 0 Å². The number of rotatable bonds is 4. The van der Waals surface area contributed by atoms with E-state index in [9.17, 15) is 9.59 Å². The molecule has 0 aromatic carbocycles. The van der Waals surface area contributed by atoms with Crippen LogP contribution in [0.4, 0.5) is 0 Å². The molecule has 2 heterocycles. The number of nitrogens with zero attached hydrogens (tertiary/aromatic N) is 1. The van der Waals surface area contributed by atoms with Crippen LogP contribution in [0, 0.1) is 13.8 Å². The third-order valence-electron chi connectivity index (χ3n) is 2.96. The second kappa shape index (κ2) is 5.20. The molecule has 2 N–H and O–H groups in total. The van der Waals surface area contributed by atoms with Crippen molar-refractivity contribution in [1.29, 1.82) is 0 Å². The Balaban J connectivity index is 1.77. The average molecular weight is 251 g/mol. The first-order chi connectivity index (χ1) is 8.56. The molecule has 2 rings (SSSR count). The highest BCUT2D eigenvalue weighted by molar-refractivity contribution is 5.90. The molecule has 1 aromatic heterocycles. The van der Waals surface area contributed by atoms with Crippen molar-refractivity contribution in [1.82, 2.24) is 15.6 Å². The molecule has 1 aliphatic rings. The first-order valence-electron chi connectivity index (χ1n) is 6.06. The fourth-order valence-electron chi connectivity index (χ4n) is 2.04. The lowest BCUT2D eigenvalue weighted by atomic mass is 10.2. The van der Waals surface area contributed by atoms with Crippen LogP contribution < -0.4 is 10.6 Å². The summed E-state index contributed by atoms with van der Waals surface area (Å²) in [4.78, 5) is 26.8. The van der Waals surface area contributed by atoms with Crippen LogP contribution in [0.2, 0.25) is 0 Å². The van der Waals surface area contributed by atoms with Gasteiger partial charge in [0.1, 0.15) is 11.8 Å². The molecule has 0 saturated carbocycles. The maximum atomic E-state index is 11.7. The molecule has 0 spiro atoms. The molecule has 1 fully saturated rings. The first kappa shape index (κ1) is 12.6. The molecule has 1 unspecified atom stereocenters. The van der Waals surface area contributed by atoms with Crippen molar-refractivity contribution in [3.8, 4) is 0 Å². The van der Waals surface area contributed by atoms with Gasteiger partial charge >= 0.3 is 0 Å². The second-order valence-corrected chi connectivity index (χ2v) is 4.44. The van der Waals surface area contributed by atoms with Gasteiger partial charge in [0.15, 0.2) is 5.89 Å². The second-order valence-electron chi connectivity index (χ2n) is 4.44. The molecule has 98 valence electrons. The molecule has 1 aromatic rings. The highest BCUT2D eigenvalue weighted by atomic mass is 16.4. The number of hydrogen-bond acceptors (Lipinski definition) is 4. The van der Waals surface area contributed by atoms with E-state index in [0.717, 1.165) is 11.5 Å². The fourth-order valence-corrected chi connectivity index (χ4v) is 2.04. The highest BCUT2D eigenvalue weighted by Crippen LogP contribution is 2.10. The molecule has 6 heteroatoms. The lowest BCUT2D eigenvalue weighted by molar-refractivity contribution is -0.125. The van der Waals surface area contributed by atoms with Crippen molar-refractivity contribution in [2.45, 2.75) is 39.2 Å². The predicted molar refractivity (Wildman–Crippen MR) is 63.9 cm³/mol. The monoisotopic (exact) mass is 251 g/mol. The Labute approximate surface area is 105 Å². The van der Waals surface area contributed by atoms with Crippen LogP contribution in [0.15, 0.2) is 4.42 Å². The number of hydrogen-bond donors (Lipinski definition) is 2. The van der Waals surface area contributed by atoms with E-state index < -0.39 is 0 Å². The minimum absolute atomic E-state index is 0.0585. The lowest BCUT2D eigenvalue weighted by Gasteiger charge is -2.10. The van der Waals surface area contributed by atoms with E-state index in [1.165, 1.54) is 0 Å². The standard InChI is InChI=1S/C12H17N3O3/c1-7-10(18-8(2)14-7)5-6-13-12(17)9-3-4-11(16)15-9/h9H,3-6H2,1-2H3,(H,13,17)(H,15,16). The Hall–Kier alpha value is -1.85. The van der Waals surface area contributed by atoms with Crippen molar-refractivity contribution >= 4 is 11.8 Å². The SMILES string of the molecule is Cc1nc(C)c(CCNC(=O)C2CCC(=O)N2)o1. The third-order valence-corrected chi connectivity index (χ3v) is 2.96. The highest BCUT2D eigenvalue weighted by Gasteiger charge is 2.26. The van der Waals surface area contributed by atoms with Gasteiger partial charge in [0.05, 0.1) is 5.69 Å². The molecule has 0 bridgehead atoms. The molecule has 6 nitrogen and oxygen atoms in total. The van der Waals surface area contributed by atoms with Gasteiger partial charge in [-0.1, -0.05) is 0 Å². The van der Waals surface area contributed by atoms with Crippen LogP contribution >= 0.6 is 0 Å². The topological polar surface area (TPSA) is 84.2 Å². The average Bonchev–Trinajstić information content (AvgIpc) is 2.86. The minimum Gasteiger partial charge on any atom is -0.446 e. The van der Waals surface area contributed by atoms with Gasteiger partial charge in [0, 0.05) is 26.3 Å². The largest absolute Gasteiger partial charge is 0.446 e. The summed E-state index contributed by atoms with van der Waals surface area (Å²) in [5.41, 5.74) is 0.857. The van der Waals surface area contributed by atoms with Gasteiger partial charge in [-0.2, -0.15) is 0 Å². The van der Waals surface area contributed by atoms with Gasteiger partial charge < -0.3 is 15.1 Å². The molecule has 18 heavy (non-hydrogen) atoms. The normalized spacial score (nSPS) is 18.8. The maximum absolute atomic E-state index is 11.7. The number of amides is 2. The summed E-state index contributed by atoms with van der Waals surface area (Å²) in [5, 5.41) is 5.42. The Morgan fingerprint density at radius 2 is 2.33 bits per heavy atom. The molecular formula is C12H17N3O3. The number of oxazole rings is 1. The summed E-state index contributed by atoms with van der Waals surface area (Å²) in [6.07, 6.45) is 1.61. The summed E-state index contributed by atoms with van der Waals surface area (Å²) in [6, 6.07) is -0.380. The van der Waals surface area contributed by atoms with Crippen molar-refractivity contribution in [2.24, 2.45) is 0 Å². The van der Waals surface area contributed by atoms with Crippen molar-refractivity contribution in [2.75, 3.05) is 6.54 Å². The van der Waals surface area contributed by atoms with E-state index in [-0.39, 0.29) is 17.9 Å². The van der Waals surface area contributed by atoms with E-state index in [0.29, 0.717) is 31.7 Å². The summed E-state index contributed by atoms with van der Waals surface area (Å²) < 4.78 is 5.41. The van der Waals surface area contributed by atoms with Crippen molar-refractivity contribution < 1.29 is 14.0 Å². The summed E-state index contributed by atoms with van der Waals surface area (Å²) in [7, 11) is 0. The molecule has 2 amide bonds. The predicted octanol–water partition coefficient (Wildman–Crippen LogP) is 0.229. The first-order valence-corrected chi connectivity index (χ1v) is 6.06. The zero-order valence-electron chi connectivity index (χ0n) is 10.6.